The zero-order valence-corrected chi connectivity index (χ0v) is 15.0. The maximum absolute atomic E-state index is 5.78. The quantitative estimate of drug-likeness (QED) is 0.759. The summed E-state index contributed by atoms with van der Waals surface area (Å²) >= 11 is 0. The lowest BCUT2D eigenvalue weighted by molar-refractivity contribution is 0.110. The minimum atomic E-state index is -0.108. The molecule has 0 heterocycles. The van der Waals surface area contributed by atoms with Crippen LogP contribution in [0.4, 0.5) is 11.4 Å². The predicted octanol–water partition coefficient (Wildman–Crippen LogP) is 4.18. The Kier molecular flexibility index (Phi) is 8.65. The van der Waals surface area contributed by atoms with Crippen molar-refractivity contribution in [2.75, 3.05) is 24.7 Å². The van der Waals surface area contributed by atoms with Crippen LogP contribution in [0.3, 0.4) is 0 Å². The number of halogens is 2. The van der Waals surface area contributed by atoms with Gasteiger partial charge in [-0.1, -0.05) is 13.8 Å². The molecule has 4 nitrogen and oxygen atoms in total. The largest absolute Gasteiger partial charge is 0.493 e. The van der Waals surface area contributed by atoms with Crippen molar-refractivity contribution >= 4 is 36.2 Å². The molecular formula is C17H24Cl2N2O2. The Morgan fingerprint density at radius 3 is 1.30 bits per heavy atom. The SMILES string of the molecule is CC(C)(COc1ccc(N)cc1)COc1ccc(N)cc1.Cl.Cl. The first kappa shape index (κ1) is 21.2. The van der Waals surface area contributed by atoms with E-state index in [1.165, 1.54) is 0 Å². The van der Waals surface area contributed by atoms with Crippen molar-refractivity contribution in [2.45, 2.75) is 13.8 Å². The average Bonchev–Trinajstić information content (AvgIpc) is 2.46. The van der Waals surface area contributed by atoms with Crippen LogP contribution in [-0.4, -0.2) is 13.2 Å². The van der Waals surface area contributed by atoms with Crippen LogP contribution in [0.2, 0.25) is 0 Å². The molecule has 2 aromatic rings. The van der Waals surface area contributed by atoms with E-state index in [-0.39, 0.29) is 30.2 Å². The molecule has 0 radical (unpaired) electrons. The highest BCUT2D eigenvalue weighted by molar-refractivity contribution is 5.85. The summed E-state index contributed by atoms with van der Waals surface area (Å²) in [7, 11) is 0. The summed E-state index contributed by atoms with van der Waals surface area (Å²) in [4.78, 5) is 0. The number of nitrogen functional groups attached to an aromatic ring is 2. The minimum absolute atomic E-state index is 0. The molecule has 0 amide bonds. The van der Waals surface area contributed by atoms with Gasteiger partial charge in [0.1, 0.15) is 11.5 Å². The van der Waals surface area contributed by atoms with Crippen LogP contribution in [0.1, 0.15) is 13.8 Å². The highest BCUT2D eigenvalue weighted by Crippen LogP contribution is 2.22. The number of rotatable bonds is 6. The number of hydrogen-bond donors (Lipinski definition) is 2. The zero-order valence-electron chi connectivity index (χ0n) is 13.3. The molecule has 0 saturated heterocycles. The second-order valence-corrected chi connectivity index (χ2v) is 5.88. The fraction of sp³-hybridized carbons (Fsp3) is 0.294. The molecule has 2 rings (SSSR count). The fourth-order valence-corrected chi connectivity index (χ4v) is 1.73. The van der Waals surface area contributed by atoms with Crippen LogP contribution in [0, 0.1) is 5.41 Å². The summed E-state index contributed by atoms with van der Waals surface area (Å²) in [6.07, 6.45) is 0. The average molecular weight is 359 g/mol. The lowest BCUT2D eigenvalue weighted by Gasteiger charge is -2.25. The third-order valence-corrected chi connectivity index (χ3v) is 3.02. The van der Waals surface area contributed by atoms with Gasteiger partial charge in [-0.25, -0.2) is 0 Å². The number of ether oxygens (including phenoxy) is 2. The smallest absolute Gasteiger partial charge is 0.119 e. The van der Waals surface area contributed by atoms with Gasteiger partial charge < -0.3 is 20.9 Å². The second-order valence-electron chi connectivity index (χ2n) is 5.88. The monoisotopic (exact) mass is 358 g/mol. The number of anilines is 2. The first-order chi connectivity index (χ1) is 9.94. The van der Waals surface area contributed by atoms with Crippen molar-refractivity contribution in [3.05, 3.63) is 48.5 Å². The van der Waals surface area contributed by atoms with E-state index in [0.29, 0.717) is 13.2 Å². The highest BCUT2D eigenvalue weighted by Gasteiger charge is 2.20. The Labute approximate surface area is 150 Å². The molecule has 4 N–H and O–H groups in total. The van der Waals surface area contributed by atoms with Crippen LogP contribution in [0.15, 0.2) is 48.5 Å². The summed E-state index contributed by atoms with van der Waals surface area (Å²) in [5.74, 6) is 1.62. The van der Waals surface area contributed by atoms with Crippen LogP contribution in [0.5, 0.6) is 11.5 Å². The van der Waals surface area contributed by atoms with E-state index < -0.39 is 0 Å². The van der Waals surface area contributed by atoms with Crippen LogP contribution in [0.25, 0.3) is 0 Å². The molecule has 0 fully saturated rings. The van der Waals surface area contributed by atoms with Gasteiger partial charge >= 0.3 is 0 Å². The predicted molar refractivity (Wildman–Crippen MR) is 101 cm³/mol. The molecule has 0 aromatic heterocycles. The topological polar surface area (TPSA) is 70.5 Å². The van der Waals surface area contributed by atoms with E-state index in [9.17, 15) is 0 Å². The second kappa shape index (κ2) is 9.38. The number of hydrogen-bond acceptors (Lipinski definition) is 4. The lowest BCUT2D eigenvalue weighted by Crippen LogP contribution is -2.28. The summed E-state index contributed by atoms with van der Waals surface area (Å²) < 4.78 is 11.6. The molecule has 0 aliphatic heterocycles. The minimum Gasteiger partial charge on any atom is -0.493 e. The van der Waals surface area contributed by atoms with Gasteiger partial charge in [0, 0.05) is 16.8 Å². The third-order valence-electron chi connectivity index (χ3n) is 3.02. The first-order valence-corrected chi connectivity index (χ1v) is 6.91. The van der Waals surface area contributed by atoms with Gasteiger partial charge in [0.05, 0.1) is 13.2 Å². The fourth-order valence-electron chi connectivity index (χ4n) is 1.73. The van der Waals surface area contributed by atoms with Crippen LogP contribution in [-0.2, 0) is 0 Å². The van der Waals surface area contributed by atoms with E-state index in [2.05, 4.69) is 13.8 Å². The molecule has 2 aromatic carbocycles. The van der Waals surface area contributed by atoms with E-state index in [4.69, 9.17) is 20.9 Å². The van der Waals surface area contributed by atoms with Crippen molar-refractivity contribution in [3.8, 4) is 11.5 Å². The van der Waals surface area contributed by atoms with Crippen LogP contribution < -0.4 is 20.9 Å². The molecule has 23 heavy (non-hydrogen) atoms. The van der Waals surface area contributed by atoms with Gasteiger partial charge in [0.15, 0.2) is 0 Å². The Morgan fingerprint density at radius 2 is 1.00 bits per heavy atom. The van der Waals surface area contributed by atoms with Gasteiger partial charge in [-0.2, -0.15) is 0 Å². The summed E-state index contributed by atoms with van der Waals surface area (Å²) in [6.45, 7) is 5.32. The molecular weight excluding hydrogens is 335 g/mol. The van der Waals surface area contributed by atoms with Gasteiger partial charge in [-0.15, -0.1) is 24.8 Å². The molecule has 0 atom stereocenters. The Balaban J connectivity index is 0.00000242. The van der Waals surface area contributed by atoms with Gasteiger partial charge in [-0.3, -0.25) is 0 Å². The normalized spacial score (nSPS) is 10.2. The zero-order chi connectivity index (χ0) is 15.3. The molecule has 0 unspecified atom stereocenters. The Morgan fingerprint density at radius 1 is 0.696 bits per heavy atom. The van der Waals surface area contributed by atoms with E-state index >= 15 is 0 Å². The molecule has 0 aliphatic carbocycles. The van der Waals surface area contributed by atoms with Crippen LogP contribution >= 0.6 is 24.8 Å². The molecule has 128 valence electrons. The Bertz CT molecular complexity index is 521. The lowest BCUT2D eigenvalue weighted by atomic mass is 9.96. The van der Waals surface area contributed by atoms with E-state index in [0.717, 1.165) is 22.9 Å². The van der Waals surface area contributed by atoms with Crippen molar-refractivity contribution in [1.82, 2.24) is 0 Å². The molecule has 0 saturated carbocycles. The van der Waals surface area contributed by atoms with Crippen molar-refractivity contribution < 1.29 is 9.47 Å². The van der Waals surface area contributed by atoms with Crippen molar-refractivity contribution in [2.24, 2.45) is 5.41 Å². The molecule has 0 aliphatic rings. The first-order valence-electron chi connectivity index (χ1n) is 6.91. The molecule has 0 bridgehead atoms. The van der Waals surface area contributed by atoms with Gasteiger partial charge in [0.25, 0.3) is 0 Å². The summed E-state index contributed by atoms with van der Waals surface area (Å²) in [5.41, 5.74) is 12.6. The van der Waals surface area contributed by atoms with Gasteiger partial charge in [-0.05, 0) is 48.5 Å². The molecule has 6 heteroatoms. The van der Waals surface area contributed by atoms with Crippen molar-refractivity contribution in [3.63, 3.8) is 0 Å². The highest BCUT2D eigenvalue weighted by atomic mass is 35.5. The van der Waals surface area contributed by atoms with Gasteiger partial charge in [0.2, 0.25) is 0 Å². The van der Waals surface area contributed by atoms with E-state index in [1.54, 1.807) is 0 Å². The Hall–Kier alpha value is -1.78. The standard InChI is InChI=1S/C17H22N2O2.2ClH/c1-17(2,11-20-15-7-3-13(18)4-8-15)12-21-16-9-5-14(19)6-10-16;;/h3-10H,11-12,18-19H2,1-2H3;2*1H. The van der Waals surface area contributed by atoms with Crippen molar-refractivity contribution in [1.29, 1.82) is 0 Å². The van der Waals surface area contributed by atoms with E-state index in [1.807, 2.05) is 48.5 Å². The molecule has 0 spiro atoms. The summed E-state index contributed by atoms with van der Waals surface area (Å²) in [5, 5.41) is 0. The maximum atomic E-state index is 5.78. The number of benzene rings is 2. The third kappa shape index (κ3) is 7.35. The maximum Gasteiger partial charge on any atom is 0.119 e. The summed E-state index contributed by atoms with van der Waals surface area (Å²) in [6, 6.07) is 14.8. The number of nitrogens with two attached hydrogens (primary N) is 2.